The number of hydrogen-bond acceptors (Lipinski definition) is 5. The molecule has 37 heavy (non-hydrogen) atoms. The number of carbonyl (C=O) groups excluding carboxylic acids is 3. The highest BCUT2D eigenvalue weighted by Crippen LogP contribution is 2.28. The number of urea groups is 1. The summed E-state index contributed by atoms with van der Waals surface area (Å²) in [5.41, 5.74) is 1.64. The molecule has 0 bridgehead atoms. The maximum atomic E-state index is 13.1. The second-order valence-electron chi connectivity index (χ2n) is 8.65. The topological polar surface area (TPSA) is 116 Å². The van der Waals surface area contributed by atoms with E-state index in [0.29, 0.717) is 60.9 Å². The lowest BCUT2D eigenvalue weighted by atomic mass is 9.89. The number of anilines is 1. The highest BCUT2D eigenvalue weighted by Gasteiger charge is 2.28. The molecule has 0 saturated carbocycles. The van der Waals surface area contributed by atoms with Crippen LogP contribution in [-0.2, 0) is 11.2 Å². The number of amides is 3. The number of likely N-dealkylation sites (tertiary alicyclic amines) is 1. The molecule has 3 amide bonds. The van der Waals surface area contributed by atoms with Crippen molar-refractivity contribution < 1.29 is 23.5 Å². The number of rotatable bonds is 9. The van der Waals surface area contributed by atoms with Gasteiger partial charge in [-0.15, -0.1) is 0 Å². The number of aromatic nitrogens is 2. The van der Waals surface area contributed by atoms with Crippen LogP contribution in [-0.4, -0.2) is 58.8 Å². The highest BCUT2D eigenvalue weighted by molar-refractivity contribution is 6.31. The molecule has 1 aromatic heterocycles. The number of nitrogens with zero attached hydrogens (tertiary/aromatic N) is 2. The van der Waals surface area contributed by atoms with Crippen LogP contribution in [0.5, 0.6) is 5.75 Å². The van der Waals surface area contributed by atoms with Crippen molar-refractivity contribution in [2.24, 2.45) is 5.92 Å². The van der Waals surface area contributed by atoms with E-state index >= 15 is 0 Å². The second kappa shape index (κ2) is 12.4. The average Bonchev–Trinajstić information content (AvgIpc) is 3.42. The second-order valence-corrected chi connectivity index (χ2v) is 9.08. The van der Waals surface area contributed by atoms with Gasteiger partial charge in [-0.05, 0) is 55.3 Å². The number of piperidine rings is 1. The van der Waals surface area contributed by atoms with Crippen molar-refractivity contribution in [2.75, 3.05) is 31.6 Å². The van der Waals surface area contributed by atoms with Crippen molar-refractivity contribution in [3.8, 4) is 5.75 Å². The monoisotopic (exact) mass is 527 g/mol. The van der Waals surface area contributed by atoms with E-state index in [1.54, 1.807) is 35.6 Å². The summed E-state index contributed by atoms with van der Waals surface area (Å²) in [6.07, 6.45) is 4.94. The molecule has 1 aliphatic heterocycles. The third kappa shape index (κ3) is 7.29. The van der Waals surface area contributed by atoms with Crippen LogP contribution in [0.25, 0.3) is 0 Å². The van der Waals surface area contributed by atoms with E-state index in [1.807, 2.05) is 0 Å². The molecule has 2 heterocycles. The predicted molar refractivity (Wildman–Crippen MR) is 136 cm³/mol. The number of halogens is 2. The Morgan fingerprint density at radius 1 is 1.14 bits per heavy atom. The van der Waals surface area contributed by atoms with Crippen LogP contribution >= 0.6 is 11.6 Å². The predicted octanol–water partition coefficient (Wildman–Crippen LogP) is 4.07. The Kier molecular flexibility index (Phi) is 8.73. The lowest BCUT2D eigenvalue weighted by Gasteiger charge is -2.31. The molecule has 1 saturated heterocycles. The first-order valence-electron chi connectivity index (χ1n) is 11.9. The lowest BCUT2D eigenvalue weighted by molar-refractivity contribution is -0.134. The van der Waals surface area contributed by atoms with E-state index in [-0.39, 0.29) is 30.0 Å². The van der Waals surface area contributed by atoms with Crippen molar-refractivity contribution >= 4 is 35.0 Å². The van der Waals surface area contributed by atoms with E-state index in [9.17, 15) is 18.8 Å². The summed E-state index contributed by atoms with van der Waals surface area (Å²) in [4.78, 5) is 46.4. The van der Waals surface area contributed by atoms with E-state index in [1.165, 1.54) is 24.3 Å². The first kappa shape index (κ1) is 26.2. The fourth-order valence-corrected chi connectivity index (χ4v) is 4.27. The standard InChI is InChI=1S/C26H27ClFN5O4/c27-19-3-6-23(22(13-19)32-26(36)30-10-7-21-14-29-16-31-21)37-15-24(34)33-11-8-18(9-12-33)25(35)17-1-4-20(28)5-2-17/h1-6,13-14,16,18H,7-12,15H2,(H,29,31)(H2,30,32,36). The molecule has 9 nitrogen and oxygen atoms in total. The number of hydrogen-bond donors (Lipinski definition) is 3. The molecule has 0 aliphatic carbocycles. The zero-order valence-electron chi connectivity index (χ0n) is 20.0. The molecule has 0 unspecified atom stereocenters. The maximum Gasteiger partial charge on any atom is 0.319 e. The molecule has 11 heteroatoms. The summed E-state index contributed by atoms with van der Waals surface area (Å²) in [5.74, 6) is -0.558. The summed E-state index contributed by atoms with van der Waals surface area (Å²) in [6.45, 7) is 0.993. The summed E-state index contributed by atoms with van der Waals surface area (Å²) < 4.78 is 18.8. The minimum Gasteiger partial charge on any atom is -0.482 e. The van der Waals surface area contributed by atoms with Gasteiger partial charge in [0.2, 0.25) is 0 Å². The van der Waals surface area contributed by atoms with Crippen molar-refractivity contribution in [1.29, 1.82) is 0 Å². The fraction of sp³-hybridized carbons (Fsp3) is 0.308. The minimum absolute atomic E-state index is 0.0390. The van der Waals surface area contributed by atoms with Crippen molar-refractivity contribution in [3.05, 3.63) is 77.1 Å². The highest BCUT2D eigenvalue weighted by atomic mass is 35.5. The third-order valence-corrected chi connectivity index (χ3v) is 6.34. The van der Waals surface area contributed by atoms with E-state index < -0.39 is 6.03 Å². The van der Waals surface area contributed by atoms with Crippen LogP contribution in [0.15, 0.2) is 55.0 Å². The largest absolute Gasteiger partial charge is 0.482 e. The molecule has 0 atom stereocenters. The molecule has 4 rings (SSSR count). The molecule has 0 spiro atoms. The van der Waals surface area contributed by atoms with Crippen LogP contribution in [0.4, 0.5) is 14.9 Å². The summed E-state index contributed by atoms with van der Waals surface area (Å²) in [6, 6.07) is 9.81. The van der Waals surface area contributed by atoms with E-state index in [0.717, 1.165) is 5.69 Å². The molecule has 3 N–H and O–H groups in total. The zero-order chi connectivity index (χ0) is 26.2. The van der Waals surface area contributed by atoms with Crippen LogP contribution in [0.1, 0.15) is 28.9 Å². The first-order valence-corrected chi connectivity index (χ1v) is 12.3. The quantitative estimate of drug-likeness (QED) is 0.363. The molecule has 3 aromatic rings. The summed E-state index contributed by atoms with van der Waals surface area (Å²) >= 11 is 6.09. The smallest absolute Gasteiger partial charge is 0.319 e. The number of nitrogens with one attached hydrogen (secondary N) is 3. The molecular formula is C26H27ClFN5O4. The van der Waals surface area contributed by atoms with Gasteiger partial charge in [0.15, 0.2) is 12.4 Å². The number of H-pyrrole nitrogens is 1. The number of Topliss-reactive ketones (excluding diaryl/α,β-unsaturated/α-hetero) is 1. The van der Waals surface area contributed by atoms with Crippen molar-refractivity contribution in [1.82, 2.24) is 20.2 Å². The van der Waals surface area contributed by atoms with Gasteiger partial charge in [0.05, 0.1) is 17.7 Å². The molecule has 1 aliphatic rings. The minimum atomic E-state index is -0.443. The van der Waals surface area contributed by atoms with Gasteiger partial charge in [-0.1, -0.05) is 11.6 Å². The van der Waals surface area contributed by atoms with E-state index in [2.05, 4.69) is 20.6 Å². The third-order valence-electron chi connectivity index (χ3n) is 6.11. The van der Waals surface area contributed by atoms with Gasteiger partial charge >= 0.3 is 6.03 Å². The maximum absolute atomic E-state index is 13.1. The van der Waals surface area contributed by atoms with Crippen LogP contribution in [0, 0.1) is 11.7 Å². The molecular weight excluding hydrogens is 501 g/mol. The Bertz CT molecular complexity index is 1230. The lowest BCUT2D eigenvalue weighted by Crippen LogP contribution is -2.42. The Hall–Kier alpha value is -3.92. The SMILES string of the molecule is O=C(NCCc1c[nH]cn1)Nc1cc(Cl)ccc1OCC(=O)N1CCC(C(=O)c2ccc(F)cc2)CC1. The van der Waals surface area contributed by atoms with E-state index in [4.69, 9.17) is 16.3 Å². The van der Waals surface area contributed by atoms with Gasteiger partial charge in [-0.2, -0.15) is 0 Å². The van der Waals surface area contributed by atoms with Gasteiger partial charge in [0.1, 0.15) is 11.6 Å². The van der Waals surface area contributed by atoms with Crippen LogP contribution < -0.4 is 15.4 Å². The first-order chi connectivity index (χ1) is 17.9. The van der Waals surface area contributed by atoms with Crippen LogP contribution in [0.2, 0.25) is 5.02 Å². The summed E-state index contributed by atoms with van der Waals surface area (Å²) in [5, 5.41) is 5.84. The normalized spacial score (nSPS) is 13.7. The molecule has 194 valence electrons. The van der Waals surface area contributed by atoms with Gasteiger partial charge < -0.3 is 25.3 Å². The van der Waals surface area contributed by atoms with Gasteiger partial charge in [0.25, 0.3) is 5.91 Å². The number of ether oxygens (including phenoxy) is 1. The number of benzene rings is 2. The fourth-order valence-electron chi connectivity index (χ4n) is 4.10. The average molecular weight is 528 g/mol. The number of carbonyl (C=O) groups is 3. The zero-order valence-corrected chi connectivity index (χ0v) is 20.8. The Morgan fingerprint density at radius 2 is 1.89 bits per heavy atom. The number of imidazole rings is 1. The Balaban J connectivity index is 1.25. The molecule has 0 radical (unpaired) electrons. The van der Waals surface area contributed by atoms with Gasteiger partial charge in [-0.25, -0.2) is 14.2 Å². The Labute approximate surface area is 218 Å². The summed E-state index contributed by atoms with van der Waals surface area (Å²) in [7, 11) is 0. The van der Waals surface area contributed by atoms with Crippen molar-refractivity contribution in [3.63, 3.8) is 0 Å². The number of ketones is 1. The number of aromatic amines is 1. The molecule has 2 aromatic carbocycles. The van der Waals surface area contributed by atoms with Gasteiger partial charge in [-0.3, -0.25) is 9.59 Å². The molecule has 1 fully saturated rings. The van der Waals surface area contributed by atoms with Gasteiger partial charge in [0, 0.05) is 48.8 Å². The Morgan fingerprint density at radius 3 is 2.59 bits per heavy atom. The van der Waals surface area contributed by atoms with Crippen molar-refractivity contribution in [2.45, 2.75) is 19.3 Å². The van der Waals surface area contributed by atoms with Crippen LogP contribution in [0.3, 0.4) is 0 Å².